The quantitative estimate of drug-likeness (QED) is 0.808. The molecule has 0 bridgehead atoms. The van der Waals surface area contributed by atoms with Crippen LogP contribution in [0.15, 0.2) is 34.7 Å². The third-order valence-electron chi connectivity index (χ3n) is 3.90. The highest BCUT2D eigenvalue weighted by Gasteiger charge is 2.19. The van der Waals surface area contributed by atoms with Crippen LogP contribution in [0.5, 0.6) is 0 Å². The number of carbonyl (C=O) groups excluding carboxylic acids is 1. The van der Waals surface area contributed by atoms with E-state index in [4.69, 9.17) is 9.15 Å². The summed E-state index contributed by atoms with van der Waals surface area (Å²) in [7, 11) is 0. The van der Waals surface area contributed by atoms with Crippen LogP contribution in [-0.2, 0) is 4.74 Å². The maximum absolute atomic E-state index is 12.1. The minimum absolute atomic E-state index is 0.121. The first-order valence-corrected chi connectivity index (χ1v) is 7.64. The Kier molecular flexibility index (Phi) is 4.25. The molecule has 1 aromatic heterocycles. The molecule has 0 aliphatic carbocycles. The summed E-state index contributed by atoms with van der Waals surface area (Å²) >= 11 is 0. The predicted molar refractivity (Wildman–Crippen MR) is 81.4 cm³/mol. The van der Waals surface area contributed by atoms with Gasteiger partial charge in [0.25, 0.3) is 0 Å². The SMILES string of the molecule is C[C@H](CN1CCCCC1)OC(=O)c1cc2ccccc2o1. The van der Waals surface area contributed by atoms with Gasteiger partial charge in [-0.15, -0.1) is 0 Å². The number of hydrogen-bond acceptors (Lipinski definition) is 4. The first-order valence-electron chi connectivity index (χ1n) is 7.64. The second-order valence-electron chi connectivity index (χ2n) is 5.73. The number of fused-ring (bicyclic) bond motifs is 1. The molecule has 2 aromatic rings. The zero-order valence-corrected chi connectivity index (χ0v) is 12.4. The summed E-state index contributed by atoms with van der Waals surface area (Å²) < 4.78 is 11.0. The maximum Gasteiger partial charge on any atom is 0.374 e. The number of piperidine rings is 1. The second-order valence-corrected chi connectivity index (χ2v) is 5.73. The number of nitrogens with zero attached hydrogens (tertiary/aromatic N) is 1. The van der Waals surface area contributed by atoms with Gasteiger partial charge in [-0.3, -0.25) is 4.90 Å². The normalized spacial score (nSPS) is 17.8. The first-order chi connectivity index (χ1) is 10.2. The number of esters is 1. The first kappa shape index (κ1) is 14.1. The molecule has 2 heterocycles. The van der Waals surface area contributed by atoms with Crippen molar-refractivity contribution in [3.63, 3.8) is 0 Å². The minimum Gasteiger partial charge on any atom is -0.455 e. The van der Waals surface area contributed by atoms with Crippen LogP contribution in [0, 0.1) is 0 Å². The lowest BCUT2D eigenvalue weighted by molar-refractivity contribution is 0.0205. The van der Waals surface area contributed by atoms with Gasteiger partial charge in [-0.1, -0.05) is 24.6 Å². The van der Waals surface area contributed by atoms with Gasteiger partial charge >= 0.3 is 5.97 Å². The standard InChI is InChI=1S/C17H21NO3/c1-13(12-18-9-5-2-6-10-18)20-17(19)16-11-14-7-3-4-8-15(14)21-16/h3-4,7-8,11,13H,2,5-6,9-10,12H2,1H3/t13-/m1/s1. The van der Waals surface area contributed by atoms with E-state index in [9.17, 15) is 4.79 Å². The van der Waals surface area contributed by atoms with Crippen LogP contribution in [0.2, 0.25) is 0 Å². The van der Waals surface area contributed by atoms with Gasteiger partial charge in [0.1, 0.15) is 11.7 Å². The van der Waals surface area contributed by atoms with Gasteiger partial charge in [-0.2, -0.15) is 0 Å². The highest BCUT2D eigenvalue weighted by molar-refractivity contribution is 5.92. The number of hydrogen-bond donors (Lipinski definition) is 0. The molecule has 0 N–H and O–H groups in total. The average molecular weight is 287 g/mol. The fraction of sp³-hybridized carbons (Fsp3) is 0.471. The lowest BCUT2D eigenvalue weighted by atomic mass is 10.1. The van der Waals surface area contributed by atoms with E-state index in [1.54, 1.807) is 6.07 Å². The van der Waals surface area contributed by atoms with Crippen molar-refractivity contribution < 1.29 is 13.9 Å². The van der Waals surface area contributed by atoms with Gasteiger partial charge in [0.15, 0.2) is 0 Å². The second kappa shape index (κ2) is 6.31. The summed E-state index contributed by atoms with van der Waals surface area (Å²) in [5.74, 6) is -0.0996. The van der Waals surface area contributed by atoms with Crippen LogP contribution < -0.4 is 0 Å². The molecule has 1 aliphatic rings. The van der Waals surface area contributed by atoms with Crippen LogP contribution in [0.1, 0.15) is 36.7 Å². The monoisotopic (exact) mass is 287 g/mol. The molecule has 0 amide bonds. The van der Waals surface area contributed by atoms with Gasteiger partial charge < -0.3 is 9.15 Å². The lowest BCUT2D eigenvalue weighted by Crippen LogP contribution is -2.37. The zero-order chi connectivity index (χ0) is 14.7. The molecule has 0 saturated carbocycles. The number of para-hydroxylation sites is 1. The van der Waals surface area contributed by atoms with Crippen LogP contribution in [-0.4, -0.2) is 36.6 Å². The van der Waals surface area contributed by atoms with Crippen molar-refractivity contribution in [1.29, 1.82) is 0 Å². The third kappa shape index (κ3) is 3.45. The summed E-state index contributed by atoms with van der Waals surface area (Å²) in [6.07, 6.45) is 3.67. The Morgan fingerprint density at radius 3 is 2.81 bits per heavy atom. The van der Waals surface area contributed by atoms with E-state index in [2.05, 4.69) is 4.90 Å². The Labute approximate surface area is 124 Å². The number of ether oxygens (including phenoxy) is 1. The Morgan fingerprint density at radius 1 is 1.29 bits per heavy atom. The highest BCUT2D eigenvalue weighted by atomic mass is 16.6. The average Bonchev–Trinajstić information content (AvgIpc) is 2.92. The largest absolute Gasteiger partial charge is 0.455 e. The van der Waals surface area contributed by atoms with Gasteiger partial charge in [0.05, 0.1) is 0 Å². The van der Waals surface area contributed by atoms with Gasteiger partial charge in [0.2, 0.25) is 5.76 Å². The summed E-state index contributed by atoms with van der Waals surface area (Å²) in [6.45, 7) is 4.94. The van der Waals surface area contributed by atoms with Crippen molar-refractivity contribution in [1.82, 2.24) is 4.90 Å². The summed E-state index contributed by atoms with van der Waals surface area (Å²) in [4.78, 5) is 14.5. The van der Waals surface area contributed by atoms with Crippen molar-refractivity contribution >= 4 is 16.9 Å². The number of likely N-dealkylation sites (tertiary alicyclic amines) is 1. The number of furan rings is 1. The minimum atomic E-state index is -0.379. The fourth-order valence-corrected chi connectivity index (χ4v) is 2.87. The fourth-order valence-electron chi connectivity index (χ4n) is 2.87. The molecule has 1 atom stereocenters. The number of rotatable bonds is 4. The van der Waals surface area contributed by atoms with Crippen LogP contribution in [0.3, 0.4) is 0 Å². The van der Waals surface area contributed by atoms with Crippen LogP contribution in [0.4, 0.5) is 0 Å². The Bertz CT molecular complexity index is 580. The van der Waals surface area contributed by atoms with Crippen molar-refractivity contribution in [2.75, 3.05) is 19.6 Å². The zero-order valence-electron chi connectivity index (χ0n) is 12.4. The Balaban J connectivity index is 1.59. The van der Waals surface area contributed by atoms with E-state index in [1.807, 2.05) is 31.2 Å². The maximum atomic E-state index is 12.1. The highest BCUT2D eigenvalue weighted by Crippen LogP contribution is 2.20. The lowest BCUT2D eigenvalue weighted by Gasteiger charge is -2.28. The molecule has 0 radical (unpaired) electrons. The molecule has 0 unspecified atom stereocenters. The molecule has 21 heavy (non-hydrogen) atoms. The molecule has 0 spiro atoms. The Morgan fingerprint density at radius 2 is 2.05 bits per heavy atom. The summed E-state index contributed by atoms with van der Waals surface area (Å²) in [6, 6.07) is 9.33. The number of carbonyl (C=O) groups is 1. The van der Waals surface area contributed by atoms with E-state index in [1.165, 1.54) is 19.3 Å². The predicted octanol–water partition coefficient (Wildman–Crippen LogP) is 3.46. The topological polar surface area (TPSA) is 42.7 Å². The molecule has 1 fully saturated rings. The third-order valence-corrected chi connectivity index (χ3v) is 3.90. The van der Waals surface area contributed by atoms with Gasteiger partial charge in [-0.05, 0) is 45.0 Å². The molecule has 4 heteroatoms. The molecule has 1 saturated heterocycles. The molecule has 1 aliphatic heterocycles. The van der Waals surface area contributed by atoms with E-state index in [-0.39, 0.29) is 17.8 Å². The van der Waals surface area contributed by atoms with Crippen molar-refractivity contribution in [2.24, 2.45) is 0 Å². The van der Waals surface area contributed by atoms with Gasteiger partial charge in [0, 0.05) is 11.9 Å². The molecule has 3 rings (SSSR count). The van der Waals surface area contributed by atoms with Gasteiger partial charge in [-0.25, -0.2) is 4.79 Å². The van der Waals surface area contributed by atoms with Crippen molar-refractivity contribution in [3.05, 3.63) is 36.1 Å². The molecule has 1 aromatic carbocycles. The molecular weight excluding hydrogens is 266 g/mol. The van der Waals surface area contributed by atoms with E-state index in [0.717, 1.165) is 25.0 Å². The van der Waals surface area contributed by atoms with Crippen LogP contribution in [0.25, 0.3) is 11.0 Å². The Hall–Kier alpha value is -1.81. The van der Waals surface area contributed by atoms with Crippen molar-refractivity contribution in [2.45, 2.75) is 32.3 Å². The summed E-state index contributed by atoms with van der Waals surface area (Å²) in [5.41, 5.74) is 0.716. The van der Waals surface area contributed by atoms with E-state index < -0.39 is 0 Å². The smallest absolute Gasteiger partial charge is 0.374 e. The van der Waals surface area contributed by atoms with E-state index >= 15 is 0 Å². The molecule has 4 nitrogen and oxygen atoms in total. The van der Waals surface area contributed by atoms with E-state index in [0.29, 0.717) is 5.58 Å². The molecular formula is C17H21NO3. The number of benzene rings is 1. The van der Waals surface area contributed by atoms with Crippen LogP contribution >= 0.6 is 0 Å². The molecule has 112 valence electrons. The van der Waals surface area contributed by atoms with Crippen molar-refractivity contribution in [3.8, 4) is 0 Å². The summed E-state index contributed by atoms with van der Waals surface area (Å²) in [5, 5.41) is 0.924.